The highest BCUT2D eigenvalue weighted by molar-refractivity contribution is 5.67. The van der Waals surface area contributed by atoms with Gasteiger partial charge in [-0.25, -0.2) is 0 Å². The van der Waals surface area contributed by atoms with Crippen molar-refractivity contribution in [2.24, 2.45) is 0 Å². The number of carbonyl (C=O) groups is 1. The molecule has 2 aliphatic heterocycles. The van der Waals surface area contributed by atoms with E-state index in [9.17, 15) is 4.79 Å². The van der Waals surface area contributed by atoms with E-state index in [2.05, 4.69) is 0 Å². The van der Waals surface area contributed by atoms with Gasteiger partial charge in [0.05, 0.1) is 18.6 Å². The molecule has 0 aromatic rings. The molecule has 1 spiro atoms. The van der Waals surface area contributed by atoms with E-state index in [0.717, 1.165) is 25.7 Å². The Morgan fingerprint density at radius 1 is 1.43 bits per heavy atom. The Labute approximate surface area is 83.2 Å². The van der Waals surface area contributed by atoms with E-state index in [4.69, 9.17) is 14.6 Å². The summed E-state index contributed by atoms with van der Waals surface area (Å²) in [5.41, 5.74) is 0. The van der Waals surface area contributed by atoms with Crippen LogP contribution in [0.1, 0.15) is 39.0 Å². The van der Waals surface area contributed by atoms with Crippen LogP contribution in [0.4, 0.5) is 0 Å². The Morgan fingerprint density at radius 2 is 2.14 bits per heavy atom. The van der Waals surface area contributed by atoms with E-state index < -0.39 is 11.8 Å². The monoisotopic (exact) mass is 200 g/mol. The largest absolute Gasteiger partial charge is 0.481 e. The zero-order chi connectivity index (χ0) is 10.2. The number of carboxylic acids is 1. The van der Waals surface area contributed by atoms with Gasteiger partial charge in [0.25, 0.3) is 0 Å². The summed E-state index contributed by atoms with van der Waals surface area (Å²) < 4.78 is 11.4. The minimum atomic E-state index is -0.793. The van der Waals surface area contributed by atoms with Crippen molar-refractivity contribution in [3.05, 3.63) is 0 Å². The first kappa shape index (κ1) is 9.93. The zero-order valence-electron chi connectivity index (χ0n) is 8.36. The molecule has 0 aliphatic carbocycles. The number of carboxylic acid groups (broad SMARTS) is 1. The highest BCUT2D eigenvalue weighted by atomic mass is 16.7. The summed E-state index contributed by atoms with van der Waals surface area (Å²) in [7, 11) is 0. The minimum Gasteiger partial charge on any atom is -0.481 e. The summed E-state index contributed by atoms with van der Waals surface area (Å²) in [6, 6.07) is 0. The number of rotatable bonds is 2. The standard InChI is InChI=1S/C10H16O4/c1-7-2-4-10(13-7)5-3-8(14-10)6-9(11)12/h7-8H,2-6H2,1H3,(H,11,12)/t7-,8+,10-/m0/s1. The molecule has 14 heavy (non-hydrogen) atoms. The summed E-state index contributed by atoms with van der Waals surface area (Å²) in [5, 5.41) is 8.64. The molecule has 0 saturated carbocycles. The van der Waals surface area contributed by atoms with Crippen molar-refractivity contribution in [2.75, 3.05) is 0 Å². The Balaban J connectivity index is 1.91. The topological polar surface area (TPSA) is 55.8 Å². The molecule has 2 rings (SSSR count). The van der Waals surface area contributed by atoms with Crippen LogP contribution in [0.5, 0.6) is 0 Å². The molecular weight excluding hydrogens is 184 g/mol. The quantitative estimate of drug-likeness (QED) is 0.734. The van der Waals surface area contributed by atoms with Gasteiger partial charge in [0.15, 0.2) is 5.79 Å². The first-order chi connectivity index (χ1) is 6.60. The Morgan fingerprint density at radius 3 is 2.71 bits per heavy atom. The van der Waals surface area contributed by atoms with Gasteiger partial charge in [0.1, 0.15) is 0 Å². The van der Waals surface area contributed by atoms with Crippen molar-refractivity contribution >= 4 is 5.97 Å². The van der Waals surface area contributed by atoms with Crippen LogP contribution in [0.3, 0.4) is 0 Å². The Kier molecular flexibility index (Phi) is 2.49. The highest BCUT2D eigenvalue weighted by Crippen LogP contribution is 2.42. The van der Waals surface area contributed by atoms with Gasteiger partial charge < -0.3 is 14.6 Å². The molecular formula is C10H16O4. The third-order valence-corrected chi connectivity index (χ3v) is 2.98. The number of aliphatic carboxylic acids is 1. The predicted molar refractivity (Wildman–Crippen MR) is 48.9 cm³/mol. The molecule has 4 nitrogen and oxygen atoms in total. The van der Waals surface area contributed by atoms with Gasteiger partial charge in [-0.2, -0.15) is 0 Å². The van der Waals surface area contributed by atoms with Gasteiger partial charge >= 0.3 is 5.97 Å². The Hall–Kier alpha value is -0.610. The summed E-state index contributed by atoms with van der Waals surface area (Å²) in [6.45, 7) is 2.03. The molecule has 2 fully saturated rings. The van der Waals surface area contributed by atoms with Gasteiger partial charge in [-0.05, 0) is 19.8 Å². The molecule has 2 aliphatic rings. The maximum atomic E-state index is 10.5. The van der Waals surface area contributed by atoms with Gasteiger partial charge in [0, 0.05) is 12.8 Å². The minimum absolute atomic E-state index is 0.0967. The average Bonchev–Trinajstić information content (AvgIpc) is 2.60. The van der Waals surface area contributed by atoms with Crippen LogP contribution < -0.4 is 0 Å². The lowest BCUT2D eigenvalue weighted by atomic mass is 10.1. The van der Waals surface area contributed by atoms with Gasteiger partial charge in [0.2, 0.25) is 0 Å². The second-order valence-corrected chi connectivity index (χ2v) is 4.25. The van der Waals surface area contributed by atoms with E-state index >= 15 is 0 Å². The molecule has 1 N–H and O–H groups in total. The molecule has 3 atom stereocenters. The lowest BCUT2D eigenvalue weighted by molar-refractivity contribution is -0.214. The van der Waals surface area contributed by atoms with E-state index in [1.165, 1.54) is 0 Å². The smallest absolute Gasteiger partial charge is 0.305 e. The van der Waals surface area contributed by atoms with Crippen molar-refractivity contribution in [1.29, 1.82) is 0 Å². The first-order valence-electron chi connectivity index (χ1n) is 5.17. The van der Waals surface area contributed by atoms with Crippen LogP contribution in [0.25, 0.3) is 0 Å². The SMILES string of the molecule is C[C@H]1CC[C@]2(CC[C@H](CC(=O)O)O2)O1. The molecule has 0 aromatic carbocycles. The van der Waals surface area contributed by atoms with Crippen LogP contribution >= 0.6 is 0 Å². The van der Waals surface area contributed by atoms with E-state index in [-0.39, 0.29) is 18.6 Å². The van der Waals surface area contributed by atoms with Gasteiger partial charge in [-0.1, -0.05) is 0 Å². The summed E-state index contributed by atoms with van der Waals surface area (Å²) >= 11 is 0. The molecule has 0 bridgehead atoms. The summed E-state index contributed by atoms with van der Waals surface area (Å²) in [4.78, 5) is 10.5. The predicted octanol–water partition coefficient (Wildman–Crippen LogP) is 1.54. The van der Waals surface area contributed by atoms with Crippen LogP contribution in [0, 0.1) is 0 Å². The average molecular weight is 200 g/mol. The van der Waals surface area contributed by atoms with Crippen molar-refractivity contribution in [3.63, 3.8) is 0 Å². The number of ether oxygens (including phenoxy) is 2. The van der Waals surface area contributed by atoms with Crippen LogP contribution in [-0.4, -0.2) is 29.1 Å². The molecule has 0 unspecified atom stereocenters. The fourth-order valence-corrected chi connectivity index (χ4v) is 2.32. The third-order valence-electron chi connectivity index (χ3n) is 2.98. The summed E-state index contributed by atoms with van der Waals surface area (Å²) in [5.74, 6) is -1.24. The van der Waals surface area contributed by atoms with Crippen molar-refractivity contribution in [3.8, 4) is 0 Å². The molecule has 2 saturated heterocycles. The van der Waals surface area contributed by atoms with E-state index in [1.54, 1.807) is 0 Å². The molecule has 0 aromatic heterocycles. The number of hydrogen-bond acceptors (Lipinski definition) is 3. The molecule has 4 heteroatoms. The van der Waals surface area contributed by atoms with Crippen LogP contribution in [0.2, 0.25) is 0 Å². The van der Waals surface area contributed by atoms with Gasteiger partial charge in [-0.15, -0.1) is 0 Å². The third kappa shape index (κ3) is 1.91. The second kappa shape index (κ2) is 3.51. The van der Waals surface area contributed by atoms with E-state index in [1.807, 2.05) is 6.92 Å². The first-order valence-corrected chi connectivity index (χ1v) is 5.17. The van der Waals surface area contributed by atoms with Crippen molar-refractivity contribution in [1.82, 2.24) is 0 Å². The molecule has 2 heterocycles. The molecule has 0 amide bonds. The van der Waals surface area contributed by atoms with Crippen molar-refractivity contribution < 1.29 is 19.4 Å². The maximum absolute atomic E-state index is 10.5. The maximum Gasteiger partial charge on any atom is 0.305 e. The fraction of sp³-hybridized carbons (Fsp3) is 0.900. The molecule has 0 radical (unpaired) electrons. The summed E-state index contributed by atoms with van der Waals surface area (Å²) in [6.07, 6.45) is 3.76. The van der Waals surface area contributed by atoms with Crippen molar-refractivity contribution in [2.45, 2.75) is 57.0 Å². The molecule has 80 valence electrons. The zero-order valence-corrected chi connectivity index (χ0v) is 8.36. The Bertz CT molecular complexity index is 240. The highest BCUT2D eigenvalue weighted by Gasteiger charge is 2.46. The number of hydrogen-bond donors (Lipinski definition) is 1. The van der Waals surface area contributed by atoms with E-state index in [0.29, 0.717) is 0 Å². The van der Waals surface area contributed by atoms with Crippen LogP contribution in [0.15, 0.2) is 0 Å². The normalized spacial score (nSPS) is 42.1. The lowest BCUT2D eigenvalue weighted by Crippen LogP contribution is -2.29. The lowest BCUT2D eigenvalue weighted by Gasteiger charge is -2.23. The van der Waals surface area contributed by atoms with Gasteiger partial charge in [-0.3, -0.25) is 4.79 Å². The fourth-order valence-electron chi connectivity index (χ4n) is 2.32. The van der Waals surface area contributed by atoms with Crippen LogP contribution in [-0.2, 0) is 14.3 Å². The second-order valence-electron chi connectivity index (χ2n) is 4.25.